The van der Waals surface area contributed by atoms with Crippen molar-refractivity contribution in [3.05, 3.63) is 63.6 Å². The summed E-state index contributed by atoms with van der Waals surface area (Å²) in [7, 11) is 0. The van der Waals surface area contributed by atoms with Gasteiger partial charge in [-0.15, -0.1) is 46.7 Å². The molecule has 0 bridgehead atoms. The van der Waals surface area contributed by atoms with Crippen molar-refractivity contribution in [3.63, 3.8) is 0 Å². The van der Waals surface area contributed by atoms with Gasteiger partial charge in [-0.2, -0.15) is 0 Å². The number of hydrogen-bond donors (Lipinski definition) is 1. The molecule has 0 aliphatic carbocycles. The average Bonchev–Trinajstić information content (AvgIpc) is 3.44. The van der Waals surface area contributed by atoms with Gasteiger partial charge in [0.15, 0.2) is 11.1 Å². The molecule has 0 saturated carbocycles. The van der Waals surface area contributed by atoms with Gasteiger partial charge >= 0.3 is 0 Å². The Bertz CT molecular complexity index is 889. The fourth-order valence-electron chi connectivity index (χ4n) is 3.19. The highest BCUT2D eigenvalue weighted by Crippen LogP contribution is 2.19. The minimum atomic E-state index is 0. The zero-order chi connectivity index (χ0) is 19.2. The molecule has 154 valence electrons. The molecule has 1 aliphatic heterocycles. The van der Waals surface area contributed by atoms with Crippen LogP contribution in [0.4, 0.5) is 5.13 Å². The smallest absolute Gasteiger partial charge is 0.191 e. The molecule has 3 aromatic rings. The van der Waals surface area contributed by atoms with E-state index in [4.69, 9.17) is 10.7 Å². The lowest BCUT2D eigenvalue weighted by atomic mass is 10.1. The Kier molecular flexibility index (Phi) is 8.25. The van der Waals surface area contributed by atoms with E-state index >= 15 is 0 Å². The van der Waals surface area contributed by atoms with E-state index < -0.39 is 0 Å². The number of rotatable bonds is 6. The van der Waals surface area contributed by atoms with Crippen LogP contribution in [-0.2, 0) is 19.4 Å². The van der Waals surface area contributed by atoms with Crippen LogP contribution in [-0.4, -0.2) is 47.0 Å². The highest BCUT2D eigenvalue weighted by molar-refractivity contribution is 14.0. The number of guanidine groups is 1. The second kappa shape index (κ2) is 10.9. The summed E-state index contributed by atoms with van der Waals surface area (Å²) in [4.78, 5) is 18.1. The maximum absolute atomic E-state index is 6.22. The van der Waals surface area contributed by atoms with E-state index in [0.29, 0.717) is 12.5 Å². The van der Waals surface area contributed by atoms with Crippen LogP contribution < -0.4 is 10.6 Å². The summed E-state index contributed by atoms with van der Waals surface area (Å²) in [5, 5.41) is 6.35. The molecule has 0 atom stereocenters. The minimum absolute atomic E-state index is 0. The number of halogens is 1. The van der Waals surface area contributed by atoms with Crippen LogP contribution >= 0.6 is 46.7 Å². The van der Waals surface area contributed by atoms with Crippen LogP contribution in [0, 0.1) is 0 Å². The van der Waals surface area contributed by atoms with E-state index in [1.54, 1.807) is 22.7 Å². The molecule has 2 aromatic heterocycles. The van der Waals surface area contributed by atoms with Gasteiger partial charge in [0.2, 0.25) is 0 Å². The number of aliphatic imine (C=N–C) groups is 1. The van der Waals surface area contributed by atoms with Crippen molar-refractivity contribution < 1.29 is 0 Å². The molecular formula is C20H25IN6S2. The largest absolute Gasteiger partial charge is 0.370 e. The molecule has 1 fully saturated rings. The zero-order valence-electron chi connectivity index (χ0n) is 16.1. The molecule has 2 N–H and O–H groups in total. The van der Waals surface area contributed by atoms with Gasteiger partial charge in [0.05, 0.1) is 17.2 Å². The van der Waals surface area contributed by atoms with Gasteiger partial charge < -0.3 is 15.5 Å². The van der Waals surface area contributed by atoms with Crippen LogP contribution in [0.15, 0.2) is 52.3 Å². The maximum atomic E-state index is 6.22. The molecular weight excluding hydrogens is 515 g/mol. The summed E-state index contributed by atoms with van der Waals surface area (Å²) in [6, 6.07) is 10.5. The van der Waals surface area contributed by atoms with Gasteiger partial charge in [-0.25, -0.2) is 15.0 Å². The summed E-state index contributed by atoms with van der Waals surface area (Å²) < 4.78 is 0. The van der Waals surface area contributed by atoms with Crippen molar-refractivity contribution in [1.29, 1.82) is 0 Å². The normalized spacial score (nSPS) is 14.7. The molecule has 0 radical (unpaired) electrons. The fraction of sp³-hybridized carbons (Fsp3) is 0.350. The molecule has 1 aliphatic rings. The molecule has 0 unspecified atom stereocenters. The summed E-state index contributed by atoms with van der Waals surface area (Å²) in [6.07, 6.45) is 3.83. The third-order valence-electron chi connectivity index (χ3n) is 4.77. The Morgan fingerprint density at radius 2 is 1.86 bits per heavy atom. The zero-order valence-corrected chi connectivity index (χ0v) is 20.1. The van der Waals surface area contributed by atoms with Crippen molar-refractivity contribution >= 4 is 57.7 Å². The number of anilines is 1. The van der Waals surface area contributed by atoms with Gasteiger partial charge in [0.25, 0.3) is 0 Å². The van der Waals surface area contributed by atoms with E-state index in [0.717, 1.165) is 54.9 Å². The molecule has 29 heavy (non-hydrogen) atoms. The van der Waals surface area contributed by atoms with Crippen molar-refractivity contribution in [1.82, 2.24) is 14.9 Å². The molecule has 0 amide bonds. The Hall–Kier alpha value is -1.72. The number of nitrogens with zero attached hydrogens (tertiary/aromatic N) is 5. The van der Waals surface area contributed by atoms with Gasteiger partial charge in [0, 0.05) is 49.6 Å². The average molecular weight is 541 g/mol. The van der Waals surface area contributed by atoms with Crippen LogP contribution in [0.5, 0.6) is 0 Å². The van der Waals surface area contributed by atoms with Gasteiger partial charge in [-0.3, -0.25) is 0 Å². The number of hydrogen-bond acceptors (Lipinski definition) is 6. The van der Waals surface area contributed by atoms with E-state index in [1.807, 2.05) is 17.6 Å². The van der Waals surface area contributed by atoms with E-state index in [2.05, 4.69) is 49.4 Å². The lowest BCUT2D eigenvalue weighted by Gasteiger charge is -2.35. The Labute approximate surface area is 196 Å². The third kappa shape index (κ3) is 6.13. The third-order valence-corrected chi connectivity index (χ3v) is 6.56. The number of thiazole rings is 2. The fourth-order valence-corrected chi connectivity index (χ4v) is 4.68. The first-order valence-corrected chi connectivity index (χ1v) is 11.2. The topological polar surface area (TPSA) is 70.6 Å². The SMILES string of the molecule is I.NC(=NCc1csc(CCc2ccccc2)n1)N1CCN(c2nccs2)CC1. The van der Waals surface area contributed by atoms with Crippen LogP contribution in [0.25, 0.3) is 0 Å². The lowest BCUT2D eigenvalue weighted by Crippen LogP contribution is -2.51. The Morgan fingerprint density at radius 1 is 1.07 bits per heavy atom. The molecule has 4 rings (SSSR count). The standard InChI is InChI=1S/C20H24N6S2.HI/c21-19(25-9-11-26(12-10-25)20-22-8-13-27-20)23-14-17-15-28-18(24-17)7-6-16-4-2-1-3-5-16;/h1-5,8,13,15H,6-7,9-12,14H2,(H2,21,23);1H. The first kappa shape index (κ1) is 22.0. The maximum Gasteiger partial charge on any atom is 0.191 e. The van der Waals surface area contributed by atoms with Gasteiger partial charge in [0.1, 0.15) is 0 Å². The number of aryl methyl sites for hydroxylation is 2. The van der Waals surface area contributed by atoms with E-state index in [-0.39, 0.29) is 24.0 Å². The summed E-state index contributed by atoms with van der Waals surface area (Å²) >= 11 is 3.39. The first-order chi connectivity index (χ1) is 13.8. The number of piperazine rings is 1. The Balaban J connectivity index is 0.00000240. The molecule has 3 heterocycles. The minimum Gasteiger partial charge on any atom is -0.370 e. The second-order valence-electron chi connectivity index (χ2n) is 6.68. The predicted molar refractivity (Wildman–Crippen MR) is 133 cm³/mol. The van der Waals surface area contributed by atoms with Crippen LogP contribution in [0.1, 0.15) is 16.3 Å². The quantitative estimate of drug-likeness (QED) is 0.294. The van der Waals surface area contributed by atoms with Gasteiger partial charge in [-0.1, -0.05) is 30.3 Å². The molecule has 1 aromatic carbocycles. The van der Waals surface area contributed by atoms with Crippen LogP contribution in [0.3, 0.4) is 0 Å². The number of nitrogens with two attached hydrogens (primary N) is 1. The van der Waals surface area contributed by atoms with E-state index in [1.165, 1.54) is 5.56 Å². The summed E-state index contributed by atoms with van der Waals surface area (Å²) in [5.41, 5.74) is 8.57. The summed E-state index contributed by atoms with van der Waals surface area (Å²) in [6.45, 7) is 4.12. The first-order valence-electron chi connectivity index (χ1n) is 9.44. The van der Waals surface area contributed by atoms with Crippen molar-refractivity contribution in [3.8, 4) is 0 Å². The van der Waals surface area contributed by atoms with Crippen molar-refractivity contribution in [2.75, 3.05) is 31.1 Å². The molecule has 1 saturated heterocycles. The van der Waals surface area contributed by atoms with Crippen molar-refractivity contribution in [2.45, 2.75) is 19.4 Å². The lowest BCUT2D eigenvalue weighted by molar-refractivity contribution is 0.380. The highest BCUT2D eigenvalue weighted by atomic mass is 127. The summed E-state index contributed by atoms with van der Waals surface area (Å²) in [5.74, 6) is 0.609. The van der Waals surface area contributed by atoms with E-state index in [9.17, 15) is 0 Å². The second-order valence-corrected chi connectivity index (χ2v) is 8.50. The highest BCUT2D eigenvalue weighted by Gasteiger charge is 2.19. The Morgan fingerprint density at radius 3 is 2.59 bits per heavy atom. The monoisotopic (exact) mass is 540 g/mol. The number of benzene rings is 1. The predicted octanol–water partition coefficient (Wildman–Crippen LogP) is 3.64. The molecule has 6 nitrogen and oxygen atoms in total. The van der Waals surface area contributed by atoms with Crippen LogP contribution in [0.2, 0.25) is 0 Å². The van der Waals surface area contributed by atoms with Gasteiger partial charge in [-0.05, 0) is 12.0 Å². The molecule has 9 heteroatoms. The number of aromatic nitrogens is 2. The molecule has 0 spiro atoms. The van der Waals surface area contributed by atoms with Crippen molar-refractivity contribution in [2.24, 2.45) is 10.7 Å².